The van der Waals surface area contributed by atoms with Crippen molar-refractivity contribution in [1.29, 1.82) is 0 Å². The van der Waals surface area contributed by atoms with E-state index in [2.05, 4.69) is 112 Å². The summed E-state index contributed by atoms with van der Waals surface area (Å²) in [5.74, 6) is 0. The Kier molecular flexibility index (Phi) is 23.4. The first kappa shape index (κ1) is 38.0. The molecule has 0 bridgehead atoms. The van der Waals surface area contributed by atoms with E-state index >= 15 is 0 Å². The van der Waals surface area contributed by atoms with Crippen LogP contribution < -0.4 is 16.4 Å². The minimum atomic E-state index is 0.309. The molecule has 0 aliphatic rings. The lowest BCUT2D eigenvalue weighted by molar-refractivity contribution is 0.610. The van der Waals surface area contributed by atoms with Gasteiger partial charge in [0.05, 0.1) is 0 Å². The topological polar surface area (TPSA) is 0 Å². The normalized spacial score (nSPS) is 10.7. The quantitative estimate of drug-likeness (QED) is 0.0717. The fraction of sp³-hybridized carbons (Fsp3) is 0.571. The van der Waals surface area contributed by atoms with Crippen molar-refractivity contribution in [3.8, 4) is 0 Å². The molecule has 3 rings (SSSR count). The van der Waals surface area contributed by atoms with E-state index in [1.165, 1.54) is 151 Å². The van der Waals surface area contributed by atoms with Crippen molar-refractivity contribution >= 4 is 29.8 Å². The lowest BCUT2D eigenvalue weighted by Gasteiger charge is -2.15. The largest absolute Gasteiger partial charge is 0.241 e. The minimum absolute atomic E-state index is 0.309. The minimum Gasteiger partial charge on any atom is -0.0741 e. The summed E-state index contributed by atoms with van der Waals surface area (Å²) in [5.41, 5.74) is 4.00. The molecule has 0 N–H and O–H groups in total. The first-order chi connectivity index (χ1) is 21.8. The Labute approximate surface area is 275 Å². The second-order valence-corrected chi connectivity index (χ2v) is 13.2. The van der Waals surface area contributed by atoms with Crippen LogP contribution in [-0.4, -0.2) is 13.4 Å². The third-order valence-electron chi connectivity index (χ3n) is 9.30. The maximum atomic E-state index is 2.32. The van der Waals surface area contributed by atoms with Gasteiger partial charge in [-0.15, -0.1) is 0 Å². The molecule has 0 aliphatic carbocycles. The van der Waals surface area contributed by atoms with Gasteiger partial charge in [-0.2, -0.15) is 0 Å². The molecule has 3 aromatic rings. The molecule has 0 radical (unpaired) electrons. The zero-order valence-electron chi connectivity index (χ0n) is 29.2. The van der Waals surface area contributed by atoms with E-state index in [1.54, 1.807) is 0 Å². The van der Waals surface area contributed by atoms with Crippen LogP contribution in [0.2, 0.25) is 19.0 Å². The predicted octanol–water partition coefficient (Wildman–Crippen LogP) is 11.8. The van der Waals surface area contributed by atoms with E-state index in [0.29, 0.717) is 6.71 Å². The van der Waals surface area contributed by atoms with Gasteiger partial charge in [-0.3, -0.25) is 0 Å². The van der Waals surface area contributed by atoms with Gasteiger partial charge >= 0.3 is 0 Å². The maximum Gasteiger partial charge on any atom is 0.241 e. The van der Waals surface area contributed by atoms with E-state index in [1.807, 2.05) is 0 Å². The summed E-state index contributed by atoms with van der Waals surface area (Å²) in [6.45, 7) is 8.30. The average molecular weight is 593 g/mol. The fourth-order valence-corrected chi connectivity index (χ4v) is 6.59. The maximum absolute atomic E-state index is 2.32. The second kappa shape index (κ2) is 27.1. The van der Waals surface area contributed by atoms with Gasteiger partial charge in [-0.05, 0) is 0 Å². The van der Waals surface area contributed by atoms with Gasteiger partial charge in [0.1, 0.15) is 6.71 Å². The van der Waals surface area contributed by atoms with E-state index in [9.17, 15) is 0 Å². The van der Waals surface area contributed by atoms with Crippen molar-refractivity contribution in [3.63, 3.8) is 0 Å². The fourth-order valence-electron chi connectivity index (χ4n) is 6.59. The SMILES string of the molecule is CCCCCCCCB(CCCCCCCC)CCCCCCCC.c1ccc(B(c2ccccc2)c2ccccc2)cc1. The Hall–Kier alpha value is -2.21. The smallest absolute Gasteiger partial charge is 0.0741 e. The number of benzene rings is 3. The van der Waals surface area contributed by atoms with Gasteiger partial charge in [0.2, 0.25) is 6.71 Å². The molecule has 44 heavy (non-hydrogen) atoms. The van der Waals surface area contributed by atoms with Gasteiger partial charge < -0.3 is 0 Å². The second-order valence-electron chi connectivity index (χ2n) is 13.2. The highest BCUT2D eigenvalue weighted by Gasteiger charge is 2.20. The summed E-state index contributed by atoms with van der Waals surface area (Å²) in [4.78, 5) is 0. The van der Waals surface area contributed by atoms with E-state index < -0.39 is 0 Å². The third-order valence-corrected chi connectivity index (χ3v) is 9.30. The standard InChI is InChI=1S/C24H51B.C18H15B/c1-4-7-10-13-16-19-22-25(23-20-17-14-11-8-5-2)24-21-18-15-12-9-6-3;1-4-10-16(11-5-1)19(17-12-6-2-7-13-17)18-14-8-3-9-15-18/h4-24H2,1-3H3;1-15H. The molecule has 0 aliphatic heterocycles. The molecule has 0 atom stereocenters. The first-order valence-electron chi connectivity index (χ1n) is 18.9. The van der Waals surface area contributed by atoms with Crippen molar-refractivity contribution < 1.29 is 0 Å². The molecule has 0 amide bonds. The summed E-state index contributed by atoms with van der Waals surface area (Å²) < 4.78 is 0. The number of rotatable bonds is 24. The highest BCUT2D eigenvalue weighted by atomic mass is 14.0. The van der Waals surface area contributed by atoms with Crippen LogP contribution in [0.5, 0.6) is 0 Å². The van der Waals surface area contributed by atoms with Crippen LogP contribution in [0.4, 0.5) is 0 Å². The number of hydrogen-bond acceptors (Lipinski definition) is 0. The van der Waals surface area contributed by atoms with Crippen LogP contribution in [0.15, 0.2) is 91.0 Å². The third kappa shape index (κ3) is 17.9. The van der Waals surface area contributed by atoms with Crippen molar-refractivity contribution in [3.05, 3.63) is 91.0 Å². The van der Waals surface area contributed by atoms with Gasteiger partial charge in [-0.25, -0.2) is 0 Å². The molecule has 0 aromatic heterocycles. The Morgan fingerprint density at radius 3 is 0.841 bits per heavy atom. The van der Waals surface area contributed by atoms with Crippen LogP contribution in [0.1, 0.15) is 136 Å². The molecule has 0 fully saturated rings. The monoisotopic (exact) mass is 593 g/mol. The molecule has 3 aromatic carbocycles. The van der Waals surface area contributed by atoms with Crippen LogP contribution >= 0.6 is 0 Å². The van der Waals surface area contributed by atoms with Gasteiger partial charge in [0.15, 0.2) is 0 Å². The summed E-state index contributed by atoms with van der Waals surface area (Å²) in [7, 11) is 0. The van der Waals surface area contributed by atoms with Crippen LogP contribution in [0, 0.1) is 0 Å². The lowest BCUT2D eigenvalue weighted by Crippen LogP contribution is -2.51. The number of hydrogen-bond donors (Lipinski definition) is 0. The van der Waals surface area contributed by atoms with Crippen molar-refractivity contribution in [1.82, 2.24) is 0 Å². The van der Waals surface area contributed by atoms with Gasteiger partial charge in [0, 0.05) is 0 Å². The molecule has 0 spiro atoms. The Bertz CT molecular complexity index is 856. The first-order valence-corrected chi connectivity index (χ1v) is 18.9. The molecular weight excluding hydrogens is 526 g/mol. The Morgan fingerprint density at radius 2 is 0.568 bits per heavy atom. The summed E-state index contributed by atoms with van der Waals surface area (Å²) >= 11 is 0. The van der Waals surface area contributed by atoms with E-state index in [4.69, 9.17) is 0 Å². The van der Waals surface area contributed by atoms with Crippen LogP contribution in [0.25, 0.3) is 0 Å². The average Bonchev–Trinajstić information content (AvgIpc) is 3.07. The summed E-state index contributed by atoms with van der Waals surface area (Å²) in [5, 5.41) is 0. The molecule has 0 saturated heterocycles. The van der Waals surface area contributed by atoms with Crippen molar-refractivity contribution in [2.75, 3.05) is 0 Å². The van der Waals surface area contributed by atoms with Gasteiger partial charge in [0.25, 0.3) is 0 Å². The van der Waals surface area contributed by atoms with E-state index in [-0.39, 0.29) is 0 Å². The molecule has 0 nitrogen and oxygen atoms in total. The summed E-state index contributed by atoms with van der Waals surface area (Å²) in [6, 6.07) is 32.0. The van der Waals surface area contributed by atoms with Gasteiger partial charge in [-0.1, -0.05) is 263 Å². The lowest BCUT2D eigenvalue weighted by atomic mass is 9.37. The molecule has 2 heteroatoms. The highest BCUT2D eigenvalue weighted by molar-refractivity contribution is 6.95. The zero-order chi connectivity index (χ0) is 31.3. The Morgan fingerprint density at radius 1 is 0.318 bits per heavy atom. The van der Waals surface area contributed by atoms with E-state index in [0.717, 1.165) is 6.71 Å². The van der Waals surface area contributed by atoms with Crippen molar-refractivity contribution in [2.45, 2.75) is 155 Å². The highest BCUT2D eigenvalue weighted by Crippen LogP contribution is 2.20. The molecular formula is C42H66B2. The number of unbranched alkanes of at least 4 members (excludes halogenated alkanes) is 15. The van der Waals surface area contributed by atoms with Crippen molar-refractivity contribution in [2.24, 2.45) is 0 Å². The zero-order valence-corrected chi connectivity index (χ0v) is 29.2. The molecule has 0 saturated carbocycles. The van der Waals surface area contributed by atoms with Crippen LogP contribution in [-0.2, 0) is 0 Å². The molecule has 0 heterocycles. The summed E-state index contributed by atoms with van der Waals surface area (Å²) in [6.07, 6.45) is 30.8. The van der Waals surface area contributed by atoms with Crippen LogP contribution in [0.3, 0.4) is 0 Å². The Balaban J connectivity index is 0.000000315. The molecule has 240 valence electrons. The predicted molar refractivity (Wildman–Crippen MR) is 204 cm³/mol. The molecule has 0 unspecified atom stereocenters.